The lowest BCUT2D eigenvalue weighted by atomic mass is 9.69. The van der Waals surface area contributed by atoms with Crippen LogP contribution < -0.4 is 5.32 Å². The van der Waals surface area contributed by atoms with Gasteiger partial charge in [0.15, 0.2) is 0 Å². The van der Waals surface area contributed by atoms with Crippen molar-refractivity contribution >= 4 is 0 Å². The molecule has 4 rings (SSSR count). The van der Waals surface area contributed by atoms with Gasteiger partial charge in [0.05, 0.1) is 0 Å². The number of rotatable bonds is 2. The average Bonchev–Trinajstić information content (AvgIpc) is 2.89. The van der Waals surface area contributed by atoms with Gasteiger partial charge in [0.25, 0.3) is 0 Å². The van der Waals surface area contributed by atoms with Gasteiger partial charge >= 0.3 is 0 Å². The Morgan fingerprint density at radius 1 is 0.750 bits per heavy atom. The summed E-state index contributed by atoms with van der Waals surface area (Å²) in [5, 5.41) is 4.00. The van der Waals surface area contributed by atoms with Crippen LogP contribution in [0, 0.1) is 11.8 Å². The number of hydrogen-bond donors (Lipinski definition) is 1. The second-order valence-electron chi connectivity index (χ2n) is 7.36. The van der Waals surface area contributed by atoms with Crippen LogP contribution in [-0.2, 0) is 12.8 Å². The Hall–Kier alpha value is -0.820. The normalized spacial score (nSPS) is 33.7. The molecule has 1 nitrogen and oxygen atoms in total. The standard InChI is InChI=1S/C19H27N/c1-2-6-15-11-18(10-9-14(15)5-1)20-19-12-16-7-3-4-8-17(16)13-19/h3-4,7-8,14-15,18-20H,1-2,5-6,9-13H2. The fourth-order valence-electron chi connectivity index (χ4n) is 5.03. The highest BCUT2D eigenvalue weighted by Gasteiger charge is 2.33. The summed E-state index contributed by atoms with van der Waals surface area (Å²) in [5.74, 6) is 2.11. The molecular formula is C19H27N. The van der Waals surface area contributed by atoms with Gasteiger partial charge in [-0.15, -0.1) is 0 Å². The molecule has 1 heteroatoms. The van der Waals surface area contributed by atoms with Crippen LogP contribution in [0.3, 0.4) is 0 Å². The van der Waals surface area contributed by atoms with Gasteiger partial charge in [0.1, 0.15) is 0 Å². The van der Waals surface area contributed by atoms with E-state index >= 15 is 0 Å². The molecule has 0 spiro atoms. The van der Waals surface area contributed by atoms with Gasteiger partial charge in [-0.2, -0.15) is 0 Å². The fourth-order valence-corrected chi connectivity index (χ4v) is 5.03. The van der Waals surface area contributed by atoms with E-state index in [1.165, 1.54) is 57.8 Å². The molecule has 1 aromatic rings. The molecule has 0 saturated heterocycles. The largest absolute Gasteiger partial charge is 0.311 e. The van der Waals surface area contributed by atoms with Crippen LogP contribution in [0.4, 0.5) is 0 Å². The number of nitrogens with one attached hydrogen (secondary N) is 1. The first-order chi connectivity index (χ1) is 9.88. The minimum absolute atomic E-state index is 0.706. The summed E-state index contributed by atoms with van der Waals surface area (Å²) < 4.78 is 0. The lowest BCUT2D eigenvalue weighted by molar-refractivity contribution is 0.139. The van der Waals surface area contributed by atoms with E-state index in [4.69, 9.17) is 0 Å². The zero-order chi connectivity index (χ0) is 13.4. The first kappa shape index (κ1) is 12.9. The molecule has 3 atom stereocenters. The Bertz CT molecular complexity index is 442. The highest BCUT2D eigenvalue weighted by molar-refractivity contribution is 5.33. The molecule has 0 amide bonds. The van der Waals surface area contributed by atoms with Gasteiger partial charge in [-0.05, 0) is 55.1 Å². The van der Waals surface area contributed by atoms with E-state index < -0.39 is 0 Å². The summed E-state index contributed by atoms with van der Waals surface area (Å²) in [6, 6.07) is 10.5. The molecule has 108 valence electrons. The molecular weight excluding hydrogens is 242 g/mol. The average molecular weight is 269 g/mol. The predicted octanol–water partition coefficient (Wildman–Crippen LogP) is 4.10. The van der Waals surface area contributed by atoms with E-state index in [1.807, 2.05) is 0 Å². The maximum atomic E-state index is 4.00. The minimum Gasteiger partial charge on any atom is -0.311 e. The van der Waals surface area contributed by atoms with Gasteiger partial charge in [-0.1, -0.05) is 49.9 Å². The van der Waals surface area contributed by atoms with E-state index in [9.17, 15) is 0 Å². The molecule has 3 unspecified atom stereocenters. The van der Waals surface area contributed by atoms with Crippen molar-refractivity contribution in [3.05, 3.63) is 35.4 Å². The summed E-state index contributed by atoms with van der Waals surface area (Å²) in [5.41, 5.74) is 3.16. The van der Waals surface area contributed by atoms with Gasteiger partial charge in [0, 0.05) is 12.1 Å². The Balaban J connectivity index is 1.35. The Morgan fingerprint density at radius 3 is 2.20 bits per heavy atom. The fraction of sp³-hybridized carbons (Fsp3) is 0.684. The van der Waals surface area contributed by atoms with E-state index in [1.54, 1.807) is 11.1 Å². The highest BCUT2D eigenvalue weighted by atomic mass is 15.0. The molecule has 0 aromatic heterocycles. The van der Waals surface area contributed by atoms with Crippen molar-refractivity contribution in [1.29, 1.82) is 0 Å². The summed E-state index contributed by atoms with van der Waals surface area (Å²) in [6.07, 6.45) is 12.9. The van der Waals surface area contributed by atoms with Crippen molar-refractivity contribution in [3.63, 3.8) is 0 Å². The van der Waals surface area contributed by atoms with Crippen molar-refractivity contribution < 1.29 is 0 Å². The first-order valence-corrected chi connectivity index (χ1v) is 8.71. The van der Waals surface area contributed by atoms with Crippen LogP contribution in [0.2, 0.25) is 0 Å². The third kappa shape index (κ3) is 2.53. The predicted molar refractivity (Wildman–Crippen MR) is 83.9 cm³/mol. The molecule has 3 aliphatic rings. The topological polar surface area (TPSA) is 12.0 Å². The van der Waals surface area contributed by atoms with Crippen molar-refractivity contribution in [2.24, 2.45) is 11.8 Å². The van der Waals surface area contributed by atoms with Crippen molar-refractivity contribution in [3.8, 4) is 0 Å². The zero-order valence-electron chi connectivity index (χ0n) is 12.5. The summed E-state index contributed by atoms with van der Waals surface area (Å²) in [4.78, 5) is 0. The second-order valence-corrected chi connectivity index (χ2v) is 7.36. The smallest absolute Gasteiger partial charge is 0.0151 e. The van der Waals surface area contributed by atoms with Crippen LogP contribution in [-0.4, -0.2) is 12.1 Å². The SMILES string of the molecule is c1ccc2c(c1)CC(NC1CCC3CCCCC3C1)C2. The van der Waals surface area contributed by atoms with E-state index in [-0.39, 0.29) is 0 Å². The molecule has 0 aliphatic heterocycles. The second kappa shape index (κ2) is 5.52. The number of fused-ring (bicyclic) bond motifs is 2. The molecule has 1 aromatic carbocycles. The number of benzene rings is 1. The van der Waals surface area contributed by atoms with Crippen LogP contribution in [0.15, 0.2) is 24.3 Å². The van der Waals surface area contributed by atoms with E-state index in [0.717, 1.165) is 17.9 Å². The van der Waals surface area contributed by atoms with Gasteiger partial charge in [0.2, 0.25) is 0 Å². The molecule has 0 heterocycles. The molecule has 0 radical (unpaired) electrons. The van der Waals surface area contributed by atoms with Crippen LogP contribution in [0.25, 0.3) is 0 Å². The molecule has 2 fully saturated rings. The maximum absolute atomic E-state index is 4.00. The molecule has 1 N–H and O–H groups in total. The van der Waals surface area contributed by atoms with Crippen molar-refractivity contribution in [1.82, 2.24) is 5.32 Å². The van der Waals surface area contributed by atoms with Gasteiger partial charge in [-0.25, -0.2) is 0 Å². The quantitative estimate of drug-likeness (QED) is 0.852. The van der Waals surface area contributed by atoms with E-state index in [0.29, 0.717) is 6.04 Å². The van der Waals surface area contributed by atoms with Crippen LogP contribution in [0.1, 0.15) is 56.1 Å². The summed E-state index contributed by atoms with van der Waals surface area (Å²) in [6.45, 7) is 0. The molecule has 0 bridgehead atoms. The van der Waals surface area contributed by atoms with Gasteiger partial charge in [-0.3, -0.25) is 0 Å². The molecule has 2 saturated carbocycles. The number of hydrogen-bond acceptors (Lipinski definition) is 1. The lowest BCUT2D eigenvalue weighted by Crippen LogP contribution is -2.44. The summed E-state index contributed by atoms with van der Waals surface area (Å²) in [7, 11) is 0. The Labute approximate surface area is 123 Å². The lowest BCUT2D eigenvalue weighted by Gasteiger charge is -2.40. The summed E-state index contributed by atoms with van der Waals surface area (Å²) >= 11 is 0. The molecule has 20 heavy (non-hydrogen) atoms. The minimum atomic E-state index is 0.706. The van der Waals surface area contributed by atoms with Crippen molar-refractivity contribution in [2.75, 3.05) is 0 Å². The van der Waals surface area contributed by atoms with E-state index in [2.05, 4.69) is 29.6 Å². The Morgan fingerprint density at radius 2 is 1.45 bits per heavy atom. The Kier molecular flexibility index (Phi) is 3.56. The van der Waals surface area contributed by atoms with Crippen LogP contribution >= 0.6 is 0 Å². The molecule has 3 aliphatic carbocycles. The monoisotopic (exact) mass is 269 g/mol. The third-order valence-corrected chi connectivity index (χ3v) is 6.06. The van der Waals surface area contributed by atoms with Crippen LogP contribution in [0.5, 0.6) is 0 Å². The highest BCUT2D eigenvalue weighted by Crippen LogP contribution is 2.40. The first-order valence-electron chi connectivity index (χ1n) is 8.71. The van der Waals surface area contributed by atoms with Gasteiger partial charge < -0.3 is 5.32 Å². The zero-order valence-corrected chi connectivity index (χ0v) is 12.5. The maximum Gasteiger partial charge on any atom is 0.0151 e. The van der Waals surface area contributed by atoms with Crippen molar-refractivity contribution in [2.45, 2.75) is 69.9 Å². The third-order valence-electron chi connectivity index (χ3n) is 6.06.